The van der Waals surface area contributed by atoms with Gasteiger partial charge in [0.25, 0.3) is 0 Å². The Bertz CT molecular complexity index is 1130. The van der Waals surface area contributed by atoms with Gasteiger partial charge in [0.05, 0.1) is 23.7 Å². The van der Waals surface area contributed by atoms with Gasteiger partial charge in [0.15, 0.2) is 15.8 Å². The first-order chi connectivity index (χ1) is 14.8. The molecule has 0 radical (unpaired) electrons. The number of guanidine groups is 1. The quantitative estimate of drug-likeness (QED) is 0.185. The lowest BCUT2D eigenvalue weighted by molar-refractivity contribution is 0.321. The highest BCUT2D eigenvalue weighted by molar-refractivity contribution is 14.0. The van der Waals surface area contributed by atoms with Crippen molar-refractivity contribution in [2.45, 2.75) is 18.4 Å². The van der Waals surface area contributed by atoms with Gasteiger partial charge in [-0.05, 0) is 43.3 Å². The summed E-state index contributed by atoms with van der Waals surface area (Å²) in [6, 6.07) is 14.3. The molecule has 0 aliphatic heterocycles. The lowest BCUT2D eigenvalue weighted by atomic mass is 10.1. The molecule has 0 aliphatic carbocycles. The summed E-state index contributed by atoms with van der Waals surface area (Å²) in [5, 5.41) is 6.33. The van der Waals surface area contributed by atoms with Crippen molar-refractivity contribution in [3.8, 4) is 17.2 Å². The van der Waals surface area contributed by atoms with E-state index in [9.17, 15) is 8.42 Å². The fourth-order valence-corrected chi connectivity index (χ4v) is 3.36. The first kappa shape index (κ1) is 25.7. The van der Waals surface area contributed by atoms with Gasteiger partial charge in [-0.3, -0.25) is 4.99 Å². The van der Waals surface area contributed by atoms with Crippen LogP contribution in [0.15, 0.2) is 69.1 Å². The summed E-state index contributed by atoms with van der Waals surface area (Å²) in [5.41, 5.74) is 2.88. The standard InChI is InChI=1S/C22H26N4O4S.HI/c1-16-4-6-17(7-5-16)21-26-18(15-30-21)14-25-22(23-2)24-12-13-29-19-8-10-20(11-9-19)31(3,27)28;/h4-11,15H,12-14H2,1-3H3,(H2,23,24,25);1H. The predicted octanol–water partition coefficient (Wildman–Crippen LogP) is 3.42. The van der Waals surface area contributed by atoms with Gasteiger partial charge >= 0.3 is 0 Å². The van der Waals surface area contributed by atoms with Crippen LogP contribution >= 0.6 is 24.0 Å². The summed E-state index contributed by atoms with van der Waals surface area (Å²) in [7, 11) is -1.53. The number of ether oxygens (including phenoxy) is 1. The van der Waals surface area contributed by atoms with Crippen LogP contribution < -0.4 is 15.4 Å². The molecular weight excluding hydrogens is 543 g/mol. The number of halogens is 1. The first-order valence-corrected chi connectivity index (χ1v) is 11.6. The van der Waals surface area contributed by atoms with Crippen LogP contribution in [0.2, 0.25) is 0 Å². The third kappa shape index (κ3) is 7.52. The van der Waals surface area contributed by atoms with Crippen molar-refractivity contribution in [2.24, 2.45) is 4.99 Å². The van der Waals surface area contributed by atoms with Gasteiger partial charge in [-0.2, -0.15) is 0 Å². The maximum atomic E-state index is 11.5. The summed E-state index contributed by atoms with van der Waals surface area (Å²) in [4.78, 5) is 8.94. The summed E-state index contributed by atoms with van der Waals surface area (Å²) in [5.74, 6) is 1.79. The molecule has 0 saturated carbocycles. The fourth-order valence-electron chi connectivity index (χ4n) is 2.73. The van der Waals surface area contributed by atoms with Crippen molar-refractivity contribution in [1.29, 1.82) is 0 Å². The molecule has 3 aromatic rings. The number of oxazole rings is 1. The number of sulfone groups is 1. The Morgan fingerprint density at radius 2 is 1.78 bits per heavy atom. The molecule has 3 rings (SSSR count). The summed E-state index contributed by atoms with van der Waals surface area (Å²) >= 11 is 0. The number of hydrogen-bond acceptors (Lipinski definition) is 6. The van der Waals surface area contributed by atoms with Crippen molar-refractivity contribution in [3.63, 3.8) is 0 Å². The van der Waals surface area contributed by atoms with Crippen LogP contribution in [0.1, 0.15) is 11.3 Å². The summed E-state index contributed by atoms with van der Waals surface area (Å²) in [6.45, 7) is 3.40. The van der Waals surface area contributed by atoms with Gasteiger partial charge in [0.1, 0.15) is 18.6 Å². The second-order valence-electron chi connectivity index (χ2n) is 6.95. The molecule has 10 heteroatoms. The summed E-state index contributed by atoms with van der Waals surface area (Å²) in [6.07, 6.45) is 2.80. The molecular formula is C22H27IN4O4S. The maximum absolute atomic E-state index is 11.5. The number of aromatic nitrogens is 1. The smallest absolute Gasteiger partial charge is 0.226 e. The van der Waals surface area contributed by atoms with E-state index in [1.807, 2.05) is 31.2 Å². The highest BCUT2D eigenvalue weighted by atomic mass is 127. The third-order valence-corrected chi connectivity index (χ3v) is 5.55. The Balaban J connectivity index is 0.00000363. The van der Waals surface area contributed by atoms with E-state index in [0.717, 1.165) is 11.3 Å². The average molecular weight is 570 g/mol. The SMILES string of the molecule is CN=C(NCCOc1ccc(S(C)(=O)=O)cc1)NCc1coc(-c2ccc(C)cc2)n1.I. The number of hydrogen-bond donors (Lipinski definition) is 2. The zero-order valence-electron chi connectivity index (χ0n) is 18.2. The number of rotatable bonds is 8. The van der Waals surface area contributed by atoms with Crippen molar-refractivity contribution < 1.29 is 17.6 Å². The second kappa shape index (κ2) is 11.9. The zero-order chi connectivity index (χ0) is 22.3. The minimum atomic E-state index is -3.21. The Morgan fingerprint density at radius 1 is 1.09 bits per heavy atom. The van der Waals surface area contributed by atoms with E-state index in [4.69, 9.17) is 9.15 Å². The average Bonchev–Trinajstić information content (AvgIpc) is 3.22. The molecule has 0 saturated heterocycles. The molecule has 0 fully saturated rings. The lowest BCUT2D eigenvalue weighted by Crippen LogP contribution is -2.38. The molecule has 8 nitrogen and oxygen atoms in total. The van der Waals surface area contributed by atoms with E-state index in [2.05, 4.69) is 20.6 Å². The Hall–Kier alpha value is -2.60. The van der Waals surface area contributed by atoms with E-state index >= 15 is 0 Å². The predicted molar refractivity (Wildman–Crippen MR) is 135 cm³/mol. The van der Waals surface area contributed by atoms with Crippen LogP contribution in [0.5, 0.6) is 5.75 Å². The highest BCUT2D eigenvalue weighted by Gasteiger charge is 2.08. The number of nitrogens with zero attached hydrogens (tertiary/aromatic N) is 2. The zero-order valence-corrected chi connectivity index (χ0v) is 21.3. The van der Waals surface area contributed by atoms with Crippen molar-refractivity contribution in [3.05, 3.63) is 66.1 Å². The van der Waals surface area contributed by atoms with E-state index in [1.54, 1.807) is 25.4 Å². The molecule has 0 unspecified atom stereocenters. The van der Waals surface area contributed by atoms with Gasteiger partial charge in [-0.1, -0.05) is 17.7 Å². The second-order valence-corrected chi connectivity index (χ2v) is 8.97. The van der Waals surface area contributed by atoms with Gasteiger partial charge in [0.2, 0.25) is 5.89 Å². The maximum Gasteiger partial charge on any atom is 0.226 e. The molecule has 2 N–H and O–H groups in total. The van der Waals surface area contributed by atoms with Crippen LogP contribution in [-0.2, 0) is 16.4 Å². The van der Waals surface area contributed by atoms with Crippen molar-refractivity contribution in [2.75, 3.05) is 26.5 Å². The Labute approximate surface area is 205 Å². The van der Waals surface area contributed by atoms with E-state index in [0.29, 0.717) is 37.3 Å². The lowest BCUT2D eigenvalue weighted by Gasteiger charge is -2.12. The third-order valence-electron chi connectivity index (χ3n) is 4.43. The normalized spacial score (nSPS) is 11.5. The molecule has 0 amide bonds. The first-order valence-electron chi connectivity index (χ1n) is 9.74. The van der Waals surface area contributed by atoms with Crippen molar-refractivity contribution >= 4 is 39.8 Å². The van der Waals surface area contributed by atoms with E-state index in [-0.39, 0.29) is 28.9 Å². The molecule has 172 valence electrons. The van der Waals surface area contributed by atoms with Gasteiger partial charge in [0, 0.05) is 18.9 Å². The molecule has 0 aliphatic rings. The number of aryl methyl sites for hydroxylation is 1. The molecule has 0 atom stereocenters. The molecule has 0 spiro atoms. The van der Waals surface area contributed by atoms with Crippen LogP contribution in [0.3, 0.4) is 0 Å². The van der Waals surface area contributed by atoms with Gasteiger partial charge < -0.3 is 19.8 Å². The van der Waals surface area contributed by atoms with Crippen LogP contribution in [-0.4, -0.2) is 45.8 Å². The van der Waals surface area contributed by atoms with E-state index < -0.39 is 9.84 Å². The molecule has 0 bridgehead atoms. The van der Waals surface area contributed by atoms with Crippen LogP contribution in [0.4, 0.5) is 0 Å². The topological polar surface area (TPSA) is 106 Å². The van der Waals surface area contributed by atoms with Crippen LogP contribution in [0, 0.1) is 6.92 Å². The molecule has 32 heavy (non-hydrogen) atoms. The minimum absolute atomic E-state index is 0. The molecule has 1 heterocycles. The highest BCUT2D eigenvalue weighted by Crippen LogP contribution is 2.19. The van der Waals surface area contributed by atoms with Crippen molar-refractivity contribution in [1.82, 2.24) is 15.6 Å². The molecule has 1 aromatic heterocycles. The molecule has 2 aromatic carbocycles. The van der Waals surface area contributed by atoms with E-state index in [1.165, 1.54) is 24.0 Å². The number of aliphatic imine (C=N–C) groups is 1. The van der Waals surface area contributed by atoms with Gasteiger partial charge in [-0.15, -0.1) is 24.0 Å². The Morgan fingerprint density at radius 3 is 2.41 bits per heavy atom. The monoisotopic (exact) mass is 570 g/mol. The Kier molecular flexibility index (Phi) is 9.51. The minimum Gasteiger partial charge on any atom is -0.492 e. The fraction of sp³-hybridized carbons (Fsp3) is 0.273. The largest absolute Gasteiger partial charge is 0.492 e. The van der Waals surface area contributed by atoms with Crippen LogP contribution in [0.25, 0.3) is 11.5 Å². The summed E-state index contributed by atoms with van der Waals surface area (Å²) < 4.78 is 34.2. The number of nitrogens with one attached hydrogen (secondary N) is 2. The number of benzene rings is 2. The van der Waals surface area contributed by atoms with Gasteiger partial charge in [-0.25, -0.2) is 13.4 Å².